The summed E-state index contributed by atoms with van der Waals surface area (Å²) in [6.45, 7) is 0. The molecule has 0 atom stereocenters. The van der Waals surface area contributed by atoms with Gasteiger partial charge < -0.3 is 10.7 Å². The number of halogens is 1. The number of aromatic amines is 1. The van der Waals surface area contributed by atoms with E-state index in [1.165, 1.54) is 0 Å². The highest BCUT2D eigenvalue weighted by Gasteiger charge is 2.06. The fourth-order valence-corrected chi connectivity index (χ4v) is 2.30. The van der Waals surface area contributed by atoms with E-state index in [1.807, 2.05) is 30.3 Å². The molecular formula is C13H10BrN3. The van der Waals surface area contributed by atoms with Crippen LogP contribution in [-0.4, -0.2) is 9.97 Å². The van der Waals surface area contributed by atoms with E-state index < -0.39 is 0 Å². The summed E-state index contributed by atoms with van der Waals surface area (Å²) in [5.74, 6) is 0. The molecule has 84 valence electrons. The Bertz CT molecular complexity index is 671. The van der Waals surface area contributed by atoms with Crippen molar-refractivity contribution in [2.24, 2.45) is 0 Å². The quantitative estimate of drug-likeness (QED) is 0.719. The molecular weight excluding hydrogens is 278 g/mol. The molecule has 0 aliphatic carbocycles. The maximum Gasteiger partial charge on any atom is 0.0866 e. The Hall–Kier alpha value is -1.81. The molecule has 4 heteroatoms. The van der Waals surface area contributed by atoms with E-state index in [0.717, 1.165) is 26.8 Å². The van der Waals surface area contributed by atoms with Gasteiger partial charge in [-0.25, -0.2) is 0 Å². The van der Waals surface area contributed by atoms with Gasteiger partial charge in [-0.15, -0.1) is 0 Å². The summed E-state index contributed by atoms with van der Waals surface area (Å²) in [4.78, 5) is 7.64. The Kier molecular flexibility index (Phi) is 2.37. The Morgan fingerprint density at radius 1 is 1.18 bits per heavy atom. The number of hydrogen-bond donors (Lipinski definition) is 2. The number of nitrogens with one attached hydrogen (secondary N) is 1. The van der Waals surface area contributed by atoms with Crippen LogP contribution in [0.3, 0.4) is 0 Å². The van der Waals surface area contributed by atoms with Gasteiger partial charge in [-0.05, 0) is 30.3 Å². The van der Waals surface area contributed by atoms with Gasteiger partial charge in [0.25, 0.3) is 0 Å². The highest BCUT2D eigenvalue weighted by molar-refractivity contribution is 9.10. The molecule has 0 fully saturated rings. The molecule has 0 spiro atoms. The zero-order valence-corrected chi connectivity index (χ0v) is 10.5. The molecule has 0 bridgehead atoms. The largest absolute Gasteiger partial charge is 0.397 e. The SMILES string of the molecule is Nc1ccc(-c2cc3c(Br)cccc3[nH]2)nc1. The smallest absolute Gasteiger partial charge is 0.0866 e. The first-order valence-electron chi connectivity index (χ1n) is 5.23. The van der Waals surface area contributed by atoms with Crippen molar-refractivity contribution >= 4 is 32.5 Å². The van der Waals surface area contributed by atoms with Crippen LogP contribution in [0.25, 0.3) is 22.3 Å². The second-order valence-corrected chi connectivity index (χ2v) is 4.72. The number of rotatable bonds is 1. The van der Waals surface area contributed by atoms with Gasteiger partial charge in [-0.1, -0.05) is 22.0 Å². The predicted octanol–water partition coefficient (Wildman–Crippen LogP) is 3.57. The van der Waals surface area contributed by atoms with Crippen molar-refractivity contribution in [2.45, 2.75) is 0 Å². The van der Waals surface area contributed by atoms with Gasteiger partial charge in [0.05, 0.1) is 23.3 Å². The zero-order valence-electron chi connectivity index (χ0n) is 8.94. The van der Waals surface area contributed by atoms with E-state index in [4.69, 9.17) is 5.73 Å². The number of pyridine rings is 1. The van der Waals surface area contributed by atoms with Crippen molar-refractivity contribution in [1.82, 2.24) is 9.97 Å². The summed E-state index contributed by atoms with van der Waals surface area (Å²) < 4.78 is 1.08. The van der Waals surface area contributed by atoms with E-state index in [-0.39, 0.29) is 0 Å². The molecule has 2 heterocycles. The summed E-state index contributed by atoms with van der Waals surface area (Å²) in [6.07, 6.45) is 1.66. The molecule has 17 heavy (non-hydrogen) atoms. The van der Waals surface area contributed by atoms with Gasteiger partial charge in [0.15, 0.2) is 0 Å². The van der Waals surface area contributed by atoms with E-state index in [0.29, 0.717) is 5.69 Å². The van der Waals surface area contributed by atoms with Crippen LogP contribution in [0.5, 0.6) is 0 Å². The minimum atomic E-state index is 0.672. The molecule has 3 aromatic rings. The molecule has 0 saturated heterocycles. The summed E-state index contributed by atoms with van der Waals surface area (Å²) in [5.41, 5.74) is 9.27. The van der Waals surface area contributed by atoms with Crippen molar-refractivity contribution < 1.29 is 0 Å². The lowest BCUT2D eigenvalue weighted by Crippen LogP contribution is -1.87. The summed E-state index contributed by atoms with van der Waals surface area (Å²) >= 11 is 3.53. The lowest BCUT2D eigenvalue weighted by atomic mass is 10.2. The van der Waals surface area contributed by atoms with Crippen LogP contribution in [0.15, 0.2) is 47.1 Å². The topological polar surface area (TPSA) is 54.7 Å². The zero-order chi connectivity index (χ0) is 11.8. The van der Waals surface area contributed by atoms with Gasteiger partial charge >= 0.3 is 0 Å². The Morgan fingerprint density at radius 3 is 2.76 bits per heavy atom. The second-order valence-electron chi connectivity index (χ2n) is 3.86. The minimum absolute atomic E-state index is 0.672. The molecule has 0 aliphatic rings. The van der Waals surface area contributed by atoms with Crippen LogP contribution in [0, 0.1) is 0 Å². The first-order chi connectivity index (χ1) is 8.24. The van der Waals surface area contributed by atoms with Crippen LogP contribution in [0.2, 0.25) is 0 Å². The van der Waals surface area contributed by atoms with Crippen molar-refractivity contribution in [1.29, 1.82) is 0 Å². The van der Waals surface area contributed by atoms with E-state index in [1.54, 1.807) is 6.20 Å². The minimum Gasteiger partial charge on any atom is -0.397 e. The standard InChI is InChI=1S/C13H10BrN3/c14-10-2-1-3-11-9(10)6-13(17-11)12-5-4-8(15)7-16-12/h1-7,17H,15H2. The van der Waals surface area contributed by atoms with Crippen LogP contribution < -0.4 is 5.73 Å². The van der Waals surface area contributed by atoms with Gasteiger partial charge in [-0.3, -0.25) is 4.98 Å². The summed E-state index contributed by atoms with van der Waals surface area (Å²) in [6, 6.07) is 11.9. The number of H-pyrrole nitrogens is 1. The van der Waals surface area contributed by atoms with E-state index in [9.17, 15) is 0 Å². The predicted molar refractivity (Wildman–Crippen MR) is 73.6 cm³/mol. The van der Waals surface area contributed by atoms with Crippen molar-refractivity contribution in [3.8, 4) is 11.4 Å². The first kappa shape index (κ1) is 10.4. The molecule has 3 rings (SSSR count). The van der Waals surface area contributed by atoms with E-state index >= 15 is 0 Å². The molecule has 1 aromatic carbocycles. The van der Waals surface area contributed by atoms with Crippen molar-refractivity contribution in [3.63, 3.8) is 0 Å². The third kappa shape index (κ3) is 1.80. The summed E-state index contributed by atoms with van der Waals surface area (Å²) in [5, 5.41) is 1.15. The van der Waals surface area contributed by atoms with Crippen LogP contribution >= 0.6 is 15.9 Å². The average molecular weight is 288 g/mol. The molecule has 0 unspecified atom stereocenters. The lowest BCUT2D eigenvalue weighted by molar-refractivity contribution is 1.29. The second kappa shape index (κ2) is 3.89. The van der Waals surface area contributed by atoms with Gasteiger partial charge in [0.1, 0.15) is 0 Å². The Morgan fingerprint density at radius 2 is 2.06 bits per heavy atom. The third-order valence-corrected chi connectivity index (χ3v) is 3.36. The molecule has 0 amide bonds. The Labute approximate surface area is 107 Å². The van der Waals surface area contributed by atoms with Crippen molar-refractivity contribution in [3.05, 3.63) is 47.1 Å². The van der Waals surface area contributed by atoms with Gasteiger partial charge in [0, 0.05) is 15.4 Å². The fraction of sp³-hybridized carbons (Fsp3) is 0. The first-order valence-corrected chi connectivity index (χ1v) is 6.02. The van der Waals surface area contributed by atoms with Crippen LogP contribution in [0.1, 0.15) is 0 Å². The molecule has 3 nitrogen and oxygen atoms in total. The monoisotopic (exact) mass is 287 g/mol. The number of anilines is 1. The van der Waals surface area contributed by atoms with Crippen LogP contribution in [-0.2, 0) is 0 Å². The van der Waals surface area contributed by atoms with Gasteiger partial charge in [-0.2, -0.15) is 0 Å². The highest BCUT2D eigenvalue weighted by Crippen LogP contribution is 2.28. The number of nitrogens with zero attached hydrogens (tertiary/aromatic N) is 1. The normalized spacial score (nSPS) is 10.9. The highest BCUT2D eigenvalue weighted by atomic mass is 79.9. The fourth-order valence-electron chi connectivity index (χ4n) is 1.82. The molecule has 0 radical (unpaired) electrons. The molecule has 0 aliphatic heterocycles. The Balaban J connectivity index is 2.18. The molecule has 3 N–H and O–H groups in total. The number of aromatic nitrogens is 2. The van der Waals surface area contributed by atoms with Crippen LogP contribution in [0.4, 0.5) is 5.69 Å². The van der Waals surface area contributed by atoms with E-state index in [2.05, 4.69) is 32.0 Å². The molecule has 0 saturated carbocycles. The number of nitrogen functional groups attached to an aromatic ring is 1. The molecule has 2 aromatic heterocycles. The third-order valence-electron chi connectivity index (χ3n) is 2.67. The number of fused-ring (bicyclic) bond motifs is 1. The number of benzene rings is 1. The maximum absolute atomic E-state index is 5.62. The van der Waals surface area contributed by atoms with Crippen molar-refractivity contribution in [2.75, 3.05) is 5.73 Å². The number of hydrogen-bond acceptors (Lipinski definition) is 2. The maximum atomic E-state index is 5.62. The lowest BCUT2D eigenvalue weighted by Gasteiger charge is -1.96. The average Bonchev–Trinajstić information content (AvgIpc) is 2.75. The summed E-state index contributed by atoms with van der Waals surface area (Å²) in [7, 11) is 0. The van der Waals surface area contributed by atoms with Gasteiger partial charge in [0.2, 0.25) is 0 Å². The number of nitrogens with two attached hydrogens (primary N) is 1.